The number of nitro groups is 1. The van der Waals surface area contributed by atoms with Crippen LogP contribution in [0.5, 0.6) is 0 Å². The Kier molecular flexibility index (Phi) is 14.8. The summed E-state index contributed by atoms with van der Waals surface area (Å²) in [5.74, 6) is -0.522. The third-order valence-electron chi connectivity index (χ3n) is 9.29. The number of carbonyl (C=O) groups excluding carboxylic acids is 1. The second-order valence-electron chi connectivity index (χ2n) is 13.5. The van der Waals surface area contributed by atoms with Crippen molar-refractivity contribution in [3.8, 4) is 0 Å². The molecule has 6 rings (SSSR count). The van der Waals surface area contributed by atoms with Crippen LogP contribution in [-0.2, 0) is 41.7 Å². The van der Waals surface area contributed by atoms with Gasteiger partial charge in [-0.15, -0.1) is 0 Å². The average Bonchev–Trinajstić information content (AvgIpc) is 3.89. The minimum Gasteiger partial charge on any atom is -0.455 e. The summed E-state index contributed by atoms with van der Waals surface area (Å²) in [6, 6.07) is 2.93. The van der Waals surface area contributed by atoms with Gasteiger partial charge in [0, 0.05) is 24.9 Å². The van der Waals surface area contributed by atoms with Crippen LogP contribution in [0.1, 0.15) is 44.6 Å². The van der Waals surface area contributed by atoms with Crippen molar-refractivity contribution < 1.29 is 66.4 Å². The minimum atomic E-state index is -5.19. The smallest absolute Gasteiger partial charge is 0.455 e. The Morgan fingerprint density at radius 3 is 2.56 bits per heavy atom. The summed E-state index contributed by atoms with van der Waals surface area (Å²) in [7, 11) is -10.2. The number of aromatic nitrogens is 7. The van der Waals surface area contributed by atoms with Gasteiger partial charge in [-0.1, -0.05) is 24.6 Å². The molecule has 4 aromatic rings. The molecule has 0 amide bonds. The Morgan fingerprint density at radius 1 is 1.05 bits per heavy atom. The predicted molar refractivity (Wildman–Crippen MR) is 208 cm³/mol. The molecule has 0 radical (unpaired) electrons. The molecule has 9 atom stereocenters. The molecule has 0 spiro atoms. The molecule has 2 fully saturated rings. The Bertz CT molecular complexity index is 2360. The number of carbonyl (C=O) groups is 1. The number of pyridine rings is 1. The third kappa shape index (κ3) is 11.7. The number of anilines is 2. The first-order valence-electron chi connectivity index (χ1n) is 18.2. The fourth-order valence-electron chi connectivity index (χ4n) is 6.39. The number of rotatable bonds is 20. The van der Waals surface area contributed by atoms with Crippen LogP contribution in [0.4, 0.5) is 17.3 Å². The average molecular weight is 918 g/mol. The fourth-order valence-corrected chi connectivity index (χ4v) is 8.65. The molecule has 27 nitrogen and oxygen atoms in total. The van der Waals surface area contributed by atoms with Crippen LogP contribution in [0.25, 0.3) is 11.2 Å². The highest BCUT2D eigenvalue weighted by Crippen LogP contribution is 2.50. The lowest BCUT2D eigenvalue weighted by atomic mass is 10.1. The topological polar surface area (TPSA) is 400 Å². The highest BCUT2D eigenvalue weighted by Gasteiger charge is 2.50. The molecule has 2 aliphatic rings. The molecule has 6 heterocycles. The number of aliphatic hydroxyl groups is 1. The standard InChI is InChI=1S/C31H41N11O16P2S/c32-16(5-2-1-3-10-61-28-17(42(46)47)6-4-8-35-28)30(44)57-25-20(56-29(24(25)43)41-15-38-23-26(34)36-14-37-27(23)41)13-54-60(51,52)58-18-11-22(40-9-7-21(33)39-31(40)45)55-19(18)12-53-59(48,49)50/h4,6-9,14-16,18-20,22,24-25,29,43H,1-3,5,10-13,32H2,(H,51,52)(H2,33,39,45)(H2,34,36,37)(H2,48,49,50)/t16-,18-,19+,20+,22+,24+,25+,29+/m0/s1. The lowest BCUT2D eigenvalue weighted by Gasteiger charge is -2.24. The Labute approximate surface area is 347 Å². The van der Waals surface area contributed by atoms with E-state index in [-0.39, 0.29) is 46.4 Å². The van der Waals surface area contributed by atoms with Crippen molar-refractivity contribution in [1.82, 2.24) is 34.1 Å². The molecule has 30 heteroatoms. The Morgan fingerprint density at radius 2 is 1.82 bits per heavy atom. The molecule has 0 aliphatic carbocycles. The van der Waals surface area contributed by atoms with Crippen LogP contribution in [0.15, 0.2) is 53.1 Å². The van der Waals surface area contributed by atoms with Gasteiger partial charge in [-0.05, 0) is 30.7 Å². The molecule has 2 saturated heterocycles. The van der Waals surface area contributed by atoms with Gasteiger partial charge in [0.2, 0.25) is 0 Å². The minimum absolute atomic E-state index is 0.0141. The largest absolute Gasteiger partial charge is 0.472 e. The lowest BCUT2D eigenvalue weighted by molar-refractivity contribution is -0.388. The number of hydrogen-bond donors (Lipinski definition) is 7. The zero-order valence-corrected chi connectivity index (χ0v) is 34.2. The number of unbranched alkanes of at least 4 members (excludes halogenated alkanes) is 2. The number of fused-ring (bicyclic) bond motifs is 1. The number of phosphoric ester groups is 2. The predicted octanol–water partition coefficient (Wildman–Crippen LogP) is 0.300. The van der Waals surface area contributed by atoms with Crippen molar-refractivity contribution in [3.63, 3.8) is 0 Å². The van der Waals surface area contributed by atoms with E-state index in [1.807, 2.05) is 0 Å². The second-order valence-corrected chi connectivity index (χ2v) is 17.3. The summed E-state index contributed by atoms with van der Waals surface area (Å²) in [6.45, 7) is -1.70. The van der Waals surface area contributed by atoms with Gasteiger partial charge in [-0.2, -0.15) is 4.98 Å². The van der Waals surface area contributed by atoms with Crippen molar-refractivity contribution in [2.24, 2.45) is 5.73 Å². The molecule has 10 N–H and O–H groups in total. The van der Waals surface area contributed by atoms with Crippen molar-refractivity contribution in [1.29, 1.82) is 0 Å². The van der Waals surface area contributed by atoms with Gasteiger partial charge in [-0.25, -0.2) is 33.9 Å². The van der Waals surface area contributed by atoms with Crippen LogP contribution < -0.4 is 22.9 Å². The fraction of sp³-hybridized carbons (Fsp3) is 0.516. The van der Waals surface area contributed by atoms with E-state index in [9.17, 15) is 48.6 Å². The molecule has 332 valence electrons. The van der Waals surface area contributed by atoms with Gasteiger partial charge in [0.05, 0.1) is 24.5 Å². The SMILES string of the molecule is Nc1ccn([C@H]2C[C@H](OP(=O)(O)OC[C@H]3O[C@@H](n4cnc5c(N)ncnc54)[C@H](O)[C@@H]3OC(=O)[C@@H](N)CCCCCSc3ncccc3[N+](=O)[O-])[C@@H](COP(=O)(O)O)O2)c(=O)n1. The molecular formula is C31H41N11O16P2S. The van der Waals surface area contributed by atoms with Gasteiger partial charge < -0.3 is 51.2 Å². The highest BCUT2D eigenvalue weighted by atomic mass is 32.2. The number of thioether (sulfide) groups is 1. The first kappa shape index (κ1) is 46.0. The normalized spacial score (nSPS) is 24.4. The summed E-state index contributed by atoms with van der Waals surface area (Å²) in [6.07, 6.45) is -3.64. The van der Waals surface area contributed by atoms with Crippen LogP contribution in [0, 0.1) is 10.1 Å². The molecule has 0 aromatic carbocycles. The molecule has 61 heavy (non-hydrogen) atoms. The summed E-state index contributed by atoms with van der Waals surface area (Å²) < 4.78 is 59.7. The van der Waals surface area contributed by atoms with Crippen molar-refractivity contribution >= 4 is 61.9 Å². The van der Waals surface area contributed by atoms with Gasteiger partial charge in [0.1, 0.15) is 54.3 Å². The van der Waals surface area contributed by atoms with Gasteiger partial charge >= 0.3 is 33.0 Å². The molecule has 0 bridgehead atoms. The quantitative estimate of drug-likeness (QED) is 0.0156. The summed E-state index contributed by atoms with van der Waals surface area (Å²) in [4.78, 5) is 85.7. The number of hydrogen-bond acceptors (Lipinski definition) is 22. The number of esters is 1. The van der Waals surface area contributed by atoms with Crippen molar-refractivity contribution in [2.45, 2.75) is 86.1 Å². The van der Waals surface area contributed by atoms with E-state index >= 15 is 0 Å². The van der Waals surface area contributed by atoms with Crippen LogP contribution >= 0.6 is 27.4 Å². The van der Waals surface area contributed by atoms with Crippen molar-refractivity contribution in [3.05, 3.63) is 63.8 Å². The number of nitrogen functional groups attached to an aromatic ring is 2. The van der Waals surface area contributed by atoms with Crippen LogP contribution in [-0.4, -0.2) is 120 Å². The first-order chi connectivity index (χ1) is 28.9. The summed E-state index contributed by atoms with van der Waals surface area (Å²) in [5, 5.41) is 23.0. The molecular weight excluding hydrogens is 876 g/mol. The van der Waals surface area contributed by atoms with E-state index in [2.05, 4.69) is 29.4 Å². The van der Waals surface area contributed by atoms with Crippen LogP contribution in [0.3, 0.4) is 0 Å². The maximum atomic E-state index is 13.4. The van der Waals surface area contributed by atoms with Crippen molar-refractivity contribution in [2.75, 3.05) is 30.4 Å². The van der Waals surface area contributed by atoms with E-state index in [4.69, 9.17) is 40.5 Å². The van der Waals surface area contributed by atoms with E-state index in [1.54, 1.807) is 0 Å². The van der Waals surface area contributed by atoms with E-state index in [1.165, 1.54) is 53.2 Å². The summed E-state index contributed by atoms with van der Waals surface area (Å²) in [5.41, 5.74) is 17.0. The number of aliphatic hydroxyl groups excluding tert-OH is 1. The van der Waals surface area contributed by atoms with Gasteiger partial charge in [0.25, 0.3) is 0 Å². The zero-order chi connectivity index (χ0) is 44.1. The maximum absolute atomic E-state index is 13.4. The lowest BCUT2D eigenvalue weighted by Crippen LogP contribution is -2.43. The zero-order valence-electron chi connectivity index (χ0n) is 31.6. The number of nitrogens with two attached hydrogens (primary N) is 3. The monoisotopic (exact) mass is 917 g/mol. The molecule has 0 saturated carbocycles. The first-order valence-corrected chi connectivity index (χ1v) is 22.2. The van der Waals surface area contributed by atoms with E-state index < -0.39 is 94.5 Å². The third-order valence-corrected chi connectivity index (χ3v) is 11.9. The summed E-state index contributed by atoms with van der Waals surface area (Å²) >= 11 is 1.22. The van der Waals surface area contributed by atoms with E-state index in [0.29, 0.717) is 25.0 Å². The molecule has 2 aliphatic heterocycles. The second kappa shape index (κ2) is 19.7. The number of ether oxygens (including phenoxy) is 3. The molecule has 1 unspecified atom stereocenters. The number of nitrogens with zero attached hydrogens (tertiary/aromatic N) is 8. The van der Waals surface area contributed by atoms with Gasteiger partial charge in [0.15, 0.2) is 28.8 Å². The highest BCUT2D eigenvalue weighted by molar-refractivity contribution is 7.99. The van der Waals surface area contributed by atoms with Crippen LogP contribution in [0.2, 0.25) is 0 Å². The number of phosphoric acid groups is 2. The Hall–Kier alpha value is -4.54. The molecule has 4 aromatic heterocycles. The number of imidazole rings is 1. The maximum Gasteiger partial charge on any atom is 0.472 e. The Balaban J connectivity index is 1.11. The van der Waals surface area contributed by atoms with E-state index in [0.717, 1.165) is 10.9 Å². The van der Waals surface area contributed by atoms with Gasteiger partial charge in [-0.3, -0.25) is 37.6 Å².